The van der Waals surface area contributed by atoms with Gasteiger partial charge in [0, 0.05) is 5.02 Å². The molecular weight excluding hydrogens is 293 g/mol. The lowest BCUT2D eigenvalue weighted by molar-refractivity contribution is 0.585. The molecule has 0 unspecified atom stereocenters. The van der Waals surface area contributed by atoms with E-state index in [1.54, 1.807) is 36.5 Å². The summed E-state index contributed by atoms with van der Waals surface area (Å²) in [5.41, 5.74) is 1.69. The van der Waals surface area contributed by atoms with E-state index in [1.165, 1.54) is 10.7 Å². The van der Waals surface area contributed by atoms with Crippen LogP contribution in [0.15, 0.2) is 42.6 Å². The van der Waals surface area contributed by atoms with Gasteiger partial charge in [0.2, 0.25) is 5.95 Å². The molecule has 0 atom stereocenters. The van der Waals surface area contributed by atoms with Crippen molar-refractivity contribution in [3.05, 3.63) is 59.1 Å². The molecule has 7 heteroatoms. The van der Waals surface area contributed by atoms with Crippen LogP contribution in [0, 0.1) is 17.3 Å². The molecule has 0 radical (unpaired) electrons. The van der Waals surface area contributed by atoms with E-state index in [4.69, 9.17) is 16.9 Å². The van der Waals surface area contributed by atoms with Crippen molar-refractivity contribution < 1.29 is 4.39 Å². The molecule has 0 fully saturated rings. The van der Waals surface area contributed by atoms with Crippen molar-refractivity contribution in [1.29, 1.82) is 5.26 Å². The van der Waals surface area contributed by atoms with Gasteiger partial charge in [-0.1, -0.05) is 22.9 Å². The normalized spacial score (nSPS) is 10.3. The number of rotatable bonds is 2. The van der Waals surface area contributed by atoms with Crippen LogP contribution >= 0.6 is 11.6 Å². The highest BCUT2D eigenvalue weighted by Gasteiger charge is 2.10. The molecule has 1 aromatic carbocycles. The molecule has 3 rings (SSSR count). The molecule has 0 spiro atoms. The Morgan fingerprint density at radius 3 is 2.81 bits per heavy atom. The van der Waals surface area contributed by atoms with E-state index < -0.39 is 5.95 Å². The first-order valence-corrected chi connectivity index (χ1v) is 6.30. The first kappa shape index (κ1) is 13.2. The molecule has 5 nitrogen and oxygen atoms in total. The fourth-order valence-electron chi connectivity index (χ4n) is 1.85. The van der Waals surface area contributed by atoms with Crippen LogP contribution < -0.4 is 0 Å². The van der Waals surface area contributed by atoms with Gasteiger partial charge in [0.15, 0.2) is 0 Å². The monoisotopic (exact) mass is 299 g/mol. The molecule has 0 amide bonds. The molecule has 2 aromatic heterocycles. The van der Waals surface area contributed by atoms with Gasteiger partial charge >= 0.3 is 0 Å². The summed E-state index contributed by atoms with van der Waals surface area (Å²) < 4.78 is 14.5. The van der Waals surface area contributed by atoms with Crippen molar-refractivity contribution in [1.82, 2.24) is 20.0 Å². The molecule has 0 saturated carbocycles. The van der Waals surface area contributed by atoms with Gasteiger partial charge in [-0.3, -0.25) is 0 Å². The number of aromatic nitrogens is 4. The average molecular weight is 300 g/mol. The van der Waals surface area contributed by atoms with Gasteiger partial charge in [0.25, 0.3) is 0 Å². The van der Waals surface area contributed by atoms with Crippen LogP contribution in [-0.2, 0) is 0 Å². The topological polar surface area (TPSA) is 67.4 Å². The van der Waals surface area contributed by atoms with E-state index in [0.29, 0.717) is 27.7 Å². The summed E-state index contributed by atoms with van der Waals surface area (Å²) in [4.78, 5) is 3.74. The van der Waals surface area contributed by atoms with Gasteiger partial charge in [0.05, 0.1) is 23.1 Å². The summed E-state index contributed by atoms with van der Waals surface area (Å²) >= 11 is 5.85. The Balaban J connectivity index is 2.05. The number of halogens is 2. The SMILES string of the molecule is N#Cc1cc(Cl)ccc1-n1cc(-c2cccc(F)n2)nn1. The average Bonchev–Trinajstić information content (AvgIpc) is 2.96. The molecule has 2 heterocycles. The van der Waals surface area contributed by atoms with E-state index in [-0.39, 0.29) is 0 Å². The molecule has 0 aliphatic rings. The molecule has 21 heavy (non-hydrogen) atoms. The fraction of sp³-hybridized carbons (Fsp3) is 0. The van der Waals surface area contributed by atoms with Gasteiger partial charge in [-0.25, -0.2) is 9.67 Å². The number of nitriles is 1. The number of hydrogen-bond acceptors (Lipinski definition) is 4. The van der Waals surface area contributed by atoms with E-state index >= 15 is 0 Å². The van der Waals surface area contributed by atoms with Crippen molar-refractivity contribution >= 4 is 11.6 Å². The van der Waals surface area contributed by atoms with Crippen LogP contribution in [0.5, 0.6) is 0 Å². The Hall–Kier alpha value is -2.78. The van der Waals surface area contributed by atoms with Crippen LogP contribution in [0.4, 0.5) is 4.39 Å². The van der Waals surface area contributed by atoms with Gasteiger partial charge in [0.1, 0.15) is 11.8 Å². The van der Waals surface area contributed by atoms with Crippen molar-refractivity contribution in [2.45, 2.75) is 0 Å². The van der Waals surface area contributed by atoms with Crippen LogP contribution in [0.1, 0.15) is 5.56 Å². The molecule has 0 bridgehead atoms. The van der Waals surface area contributed by atoms with E-state index in [2.05, 4.69) is 15.3 Å². The maximum absolute atomic E-state index is 13.1. The second-order valence-corrected chi connectivity index (χ2v) is 4.60. The molecular formula is C14H7ClFN5. The Bertz CT molecular complexity index is 853. The molecule has 0 saturated heterocycles. The van der Waals surface area contributed by atoms with Crippen molar-refractivity contribution in [3.63, 3.8) is 0 Å². The van der Waals surface area contributed by atoms with Gasteiger partial charge in [-0.15, -0.1) is 5.10 Å². The summed E-state index contributed by atoms with van der Waals surface area (Å²) in [6.45, 7) is 0. The van der Waals surface area contributed by atoms with E-state index in [9.17, 15) is 4.39 Å². The highest BCUT2D eigenvalue weighted by Crippen LogP contribution is 2.20. The second kappa shape index (κ2) is 5.31. The zero-order valence-electron chi connectivity index (χ0n) is 10.5. The van der Waals surface area contributed by atoms with Crippen LogP contribution in [0.25, 0.3) is 17.1 Å². The Kier molecular flexibility index (Phi) is 3.34. The first-order chi connectivity index (χ1) is 10.2. The maximum atomic E-state index is 13.1. The summed E-state index contributed by atoms with van der Waals surface area (Å²) in [7, 11) is 0. The van der Waals surface area contributed by atoms with Crippen molar-refractivity contribution in [2.75, 3.05) is 0 Å². The number of pyridine rings is 1. The molecule has 0 aliphatic carbocycles. The minimum Gasteiger partial charge on any atom is -0.219 e. The Labute approximate surface area is 124 Å². The third kappa shape index (κ3) is 2.59. The minimum absolute atomic E-state index is 0.367. The third-order valence-corrected chi connectivity index (χ3v) is 3.03. The zero-order valence-corrected chi connectivity index (χ0v) is 11.3. The zero-order chi connectivity index (χ0) is 14.8. The van der Waals surface area contributed by atoms with Crippen LogP contribution in [0.3, 0.4) is 0 Å². The third-order valence-electron chi connectivity index (χ3n) is 2.80. The highest BCUT2D eigenvalue weighted by molar-refractivity contribution is 6.30. The highest BCUT2D eigenvalue weighted by atomic mass is 35.5. The minimum atomic E-state index is -0.591. The number of nitrogens with zero attached hydrogens (tertiary/aromatic N) is 5. The smallest absolute Gasteiger partial charge is 0.213 e. The van der Waals surface area contributed by atoms with E-state index in [0.717, 1.165) is 0 Å². The number of benzene rings is 1. The maximum Gasteiger partial charge on any atom is 0.213 e. The van der Waals surface area contributed by atoms with Crippen molar-refractivity contribution in [3.8, 4) is 23.1 Å². The number of hydrogen-bond donors (Lipinski definition) is 0. The largest absolute Gasteiger partial charge is 0.219 e. The molecule has 3 aromatic rings. The molecule has 102 valence electrons. The summed E-state index contributed by atoms with van der Waals surface area (Å²) in [5.74, 6) is -0.591. The Morgan fingerprint density at radius 2 is 2.05 bits per heavy atom. The quantitative estimate of drug-likeness (QED) is 0.682. The lowest BCUT2D eigenvalue weighted by Gasteiger charge is -2.02. The lowest BCUT2D eigenvalue weighted by atomic mass is 10.2. The Morgan fingerprint density at radius 1 is 1.19 bits per heavy atom. The van der Waals surface area contributed by atoms with Crippen LogP contribution in [-0.4, -0.2) is 20.0 Å². The summed E-state index contributed by atoms with van der Waals surface area (Å²) in [6.07, 6.45) is 1.58. The predicted molar refractivity (Wildman–Crippen MR) is 74.3 cm³/mol. The molecule has 0 aliphatic heterocycles. The predicted octanol–water partition coefficient (Wildman–Crippen LogP) is 2.99. The first-order valence-electron chi connectivity index (χ1n) is 5.92. The lowest BCUT2D eigenvalue weighted by Crippen LogP contribution is -1.98. The standard InChI is InChI=1S/C14H7ClFN5/c15-10-4-5-13(9(6-10)7-17)21-8-12(19-20-21)11-2-1-3-14(16)18-11/h1-6,8H. The van der Waals surface area contributed by atoms with Gasteiger partial charge < -0.3 is 0 Å². The molecule has 0 N–H and O–H groups in total. The summed E-state index contributed by atoms with van der Waals surface area (Å²) in [5, 5.41) is 17.5. The van der Waals surface area contributed by atoms with Crippen LogP contribution in [0.2, 0.25) is 5.02 Å². The summed E-state index contributed by atoms with van der Waals surface area (Å²) in [6, 6.07) is 11.3. The van der Waals surface area contributed by atoms with Crippen molar-refractivity contribution in [2.24, 2.45) is 0 Å². The van der Waals surface area contributed by atoms with Gasteiger partial charge in [-0.05, 0) is 30.3 Å². The fourth-order valence-corrected chi connectivity index (χ4v) is 2.02. The second-order valence-electron chi connectivity index (χ2n) is 4.17. The van der Waals surface area contributed by atoms with Gasteiger partial charge in [-0.2, -0.15) is 9.65 Å². The van der Waals surface area contributed by atoms with E-state index in [1.807, 2.05) is 6.07 Å².